The third kappa shape index (κ3) is 4.04. The number of hydrogen-bond acceptors (Lipinski definition) is 5. The summed E-state index contributed by atoms with van der Waals surface area (Å²) in [6.07, 6.45) is 0. The minimum absolute atomic E-state index is 0.201. The number of carbonyl (C=O) groups excluding carboxylic acids is 1. The highest BCUT2D eigenvalue weighted by Crippen LogP contribution is 2.55. The molecule has 18 heavy (non-hydrogen) atoms. The van der Waals surface area contributed by atoms with E-state index in [9.17, 15) is 26.4 Å². The van der Waals surface area contributed by atoms with Crippen molar-refractivity contribution in [1.29, 1.82) is 0 Å². The van der Waals surface area contributed by atoms with Crippen LogP contribution in [0.5, 0.6) is 0 Å². The SMILES string of the molecule is CC(=O)CS1(OS(=O)(=O)C(F)(F)F)CCSCC1. The van der Waals surface area contributed by atoms with Crippen LogP contribution in [0.1, 0.15) is 6.92 Å². The van der Waals surface area contributed by atoms with E-state index in [-0.39, 0.29) is 23.0 Å². The molecule has 10 heteroatoms. The molecule has 0 N–H and O–H groups in total. The summed E-state index contributed by atoms with van der Waals surface area (Å²) in [5.74, 6) is 0.836. The second kappa shape index (κ2) is 5.59. The lowest BCUT2D eigenvalue weighted by Gasteiger charge is -2.40. The van der Waals surface area contributed by atoms with E-state index in [0.29, 0.717) is 11.5 Å². The number of alkyl halides is 3. The minimum atomic E-state index is -5.63. The normalized spacial score (nSPS) is 22.4. The zero-order chi connectivity index (χ0) is 14.0. The van der Waals surface area contributed by atoms with E-state index >= 15 is 0 Å². The van der Waals surface area contributed by atoms with E-state index in [1.807, 2.05) is 0 Å². The van der Waals surface area contributed by atoms with Crippen molar-refractivity contribution in [3.63, 3.8) is 0 Å². The Bertz CT molecular complexity index is 412. The van der Waals surface area contributed by atoms with Crippen molar-refractivity contribution in [1.82, 2.24) is 0 Å². The summed E-state index contributed by atoms with van der Waals surface area (Å²) in [5, 5.41) is 0. The Morgan fingerprint density at radius 1 is 1.33 bits per heavy atom. The molecule has 0 spiro atoms. The third-order valence-corrected chi connectivity index (χ3v) is 8.95. The molecule has 0 aromatic rings. The molecule has 0 unspecified atom stereocenters. The van der Waals surface area contributed by atoms with E-state index in [1.54, 1.807) is 0 Å². The standard InChI is InChI=1S/C8H13F3O4S3/c1-7(12)6-17(4-2-16-3-5-17)15-18(13,14)8(9,10)11/h2-6H2,1H3. The Hall–Kier alpha value is 0.0700. The maximum absolute atomic E-state index is 12.3. The second-order valence-electron chi connectivity index (χ2n) is 3.80. The lowest BCUT2D eigenvalue weighted by molar-refractivity contribution is -0.114. The summed E-state index contributed by atoms with van der Waals surface area (Å²) in [7, 11) is -8.14. The molecular formula is C8H13F3O4S3. The summed E-state index contributed by atoms with van der Waals surface area (Å²) in [4.78, 5) is 11.1. The Morgan fingerprint density at radius 2 is 1.83 bits per heavy atom. The predicted octanol–water partition coefficient (Wildman–Crippen LogP) is 1.91. The van der Waals surface area contributed by atoms with Gasteiger partial charge in [0.15, 0.2) is 0 Å². The molecule has 1 rings (SSSR count). The fraction of sp³-hybridized carbons (Fsp3) is 0.875. The Kier molecular flexibility index (Phi) is 5.01. The lowest BCUT2D eigenvalue weighted by atomic mass is 10.5. The number of ketones is 1. The molecule has 0 aromatic carbocycles. The van der Waals surface area contributed by atoms with E-state index in [4.69, 9.17) is 0 Å². The highest BCUT2D eigenvalue weighted by molar-refractivity contribution is 8.34. The van der Waals surface area contributed by atoms with Crippen LogP contribution in [0, 0.1) is 0 Å². The van der Waals surface area contributed by atoms with Crippen LogP contribution in [0.15, 0.2) is 0 Å². The first kappa shape index (κ1) is 16.1. The second-order valence-corrected chi connectivity index (χ2v) is 9.98. The number of thioether (sulfide) groups is 1. The molecule has 0 aliphatic carbocycles. The Labute approximate surface area is 109 Å². The van der Waals surface area contributed by atoms with Gasteiger partial charge in [0.2, 0.25) is 0 Å². The fourth-order valence-electron chi connectivity index (χ4n) is 1.46. The summed E-state index contributed by atoms with van der Waals surface area (Å²) < 4.78 is 63.5. The maximum Gasteiger partial charge on any atom is 0.523 e. The molecule has 1 fully saturated rings. The number of Topliss-reactive ketones (excluding diaryl/α,β-unsaturated/α-hetero) is 1. The average molecular weight is 326 g/mol. The lowest BCUT2D eigenvalue weighted by Crippen LogP contribution is -2.33. The third-order valence-electron chi connectivity index (χ3n) is 2.18. The van der Waals surface area contributed by atoms with Gasteiger partial charge >= 0.3 is 15.6 Å². The van der Waals surface area contributed by atoms with Crippen LogP contribution in [-0.4, -0.2) is 48.5 Å². The number of hydrogen-bond donors (Lipinski definition) is 0. The first-order valence-electron chi connectivity index (χ1n) is 4.94. The smallest absolute Gasteiger partial charge is 0.299 e. The number of rotatable bonds is 4. The van der Waals surface area contributed by atoms with Crippen molar-refractivity contribution in [2.24, 2.45) is 0 Å². The van der Waals surface area contributed by atoms with Gasteiger partial charge in [0.1, 0.15) is 5.78 Å². The molecule has 1 saturated heterocycles. The molecule has 0 amide bonds. The quantitative estimate of drug-likeness (QED) is 0.739. The molecule has 1 aliphatic rings. The van der Waals surface area contributed by atoms with Crippen molar-refractivity contribution >= 4 is 38.0 Å². The van der Waals surface area contributed by atoms with E-state index in [2.05, 4.69) is 3.63 Å². The molecule has 108 valence electrons. The minimum Gasteiger partial charge on any atom is -0.299 e. The van der Waals surface area contributed by atoms with Crippen LogP contribution < -0.4 is 0 Å². The van der Waals surface area contributed by atoms with Gasteiger partial charge in [0.25, 0.3) is 0 Å². The van der Waals surface area contributed by atoms with Gasteiger partial charge in [-0.3, -0.25) is 4.79 Å². The molecule has 0 aromatic heterocycles. The summed E-state index contributed by atoms with van der Waals surface area (Å²) in [6, 6.07) is 0. The largest absolute Gasteiger partial charge is 0.523 e. The van der Waals surface area contributed by atoms with Crippen LogP contribution in [0.4, 0.5) is 13.2 Å². The Balaban J connectivity index is 2.95. The van der Waals surface area contributed by atoms with E-state index < -0.39 is 25.9 Å². The van der Waals surface area contributed by atoms with E-state index in [1.165, 1.54) is 18.7 Å². The molecule has 1 aliphatic heterocycles. The number of carbonyl (C=O) groups is 1. The molecule has 0 saturated carbocycles. The maximum atomic E-state index is 12.3. The zero-order valence-electron chi connectivity index (χ0n) is 9.53. The molecule has 0 atom stereocenters. The van der Waals surface area contributed by atoms with Crippen molar-refractivity contribution < 1.29 is 30.0 Å². The monoisotopic (exact) mass is 326 g/mol. The molecule has 1 heterocycles. The Morgan fingerprint density at radius 3 is 2.22 bits per heavy atom. The van der Waals surface area contributed by atoms with Gasteiger partial charge < -0.3 is 0 Å². The predicted molar refractivity (Wildman–Crippen MR) is 66.3 cm³/mol. The van der Waals surface area contributed by atoms with Crippen LogP contribution in [0.3, 0.4) is 0 Å². The van der Waals surface area contributed by atoms with Gasteiger partial charge in [-0.15, -0.1) is 10.3 Å². The van der Waals surface area contributed by atoms with Gasteiger partial charge in [-0.05, 0) is 6.92 Å². The topological polar surface area (TPSA) is 60.4 Å². The van der Waals surface area contributed by atoms with Gasteiger partial charge in [0, 0.05) is 23.0 Å². The van der Waals surface area contributed by atoms with Crippen LogP contribution in [0.25, 0.3) is 0 Å². The van der Waals surface area contributed by atoms with Crippen molar-refractivity contribution in [3.8, 4) is 0 Å². The summed E-state index contributed by atoms with van der Waals surface area (Å²) in [5.41, 5.74) is -5.44. The summed E-state index contributed by atoms with van der Waals surface area (Å²) in [6.45, 7) is 1.22. The molecule has 4 nitrogen and oxygen atoms in total. The molecule has 0 radical (unpaired) electrons. The molecular weight excluding hydrogens is 313 g/mol. The van der Waals surface area contributed by atoms with E-state index in [0.717, 1.165) is 0 Å². The zero-order valence-corrected chi connectivity index (χ0v) is 12.0. The van der Waals surface area contributed by atoms with Crippen molar-refractivity contribution in [2.75, 3.05) is 28.8 Å². The highest BCUT2D eigenvalue weighted by atomic mass is 32.3. The first-order valence-corrected chi connectivity index (χ1v) is 9.57. The van der Waals surface area contributed by atoms with Gasteiger partial charge in [-0.1, -0.05) is 0 Å². The van der Waals surface area contributed by atoms with Crippen LogP contribution in [-0.2, 0) is 18.5 Å². The van der Waals surface area contributed by atoms with Crippen molar-refractivity contribution in [3.05, 3.63) is 0 Å². The van der Waals surface area contributed by atoms with Crippen LogP contribution in [0.2, 0.25) is 0 Å². The first-order chi connectivity index (χ1) is 8.08. The van der Waals surface area contributed by atoms with Gasteiger partial charge in [-0.25, -0.2) is 3.63 Å². The van der Waals surface area contributed by atoms with Gasteiger partial charge in [-0.2, -0.15) is 33.4 Å². The van der Waals surface area contributed by atoms with Gasteiger partial charge in [0.05, 0.1) is 5.75 Å². The average Bonchev–Trinajstić information content (AvgIpc) is 2.14. The molecule has 0 bridgehead atoms. The summed E-state index contributed by atoms with van der Waals surface area (Å²) >= 11 is 1.51. The fourth-order valence-corrected chi connectivity index (χ4v) is 8.84. The highest BCUT2D eigenvalue weighted by Gasteiger charge is 2.51. The number of halogens is 3. The van der Waals surface area contributed by atoms with Crippen LogP contribution >= 0.6 is 22.1 Å². The van der Waals surface area contributed by atoms with Crippen molar-refractivity contribution in [2.45, 2.75) is 12.4 Å².